The van der Waals surface area contributed by atoms with Gasteiger partial charge < -0.3 is 9.47 Å². The molecule has 0 aliphatic heterocycles. The predicted molar refractivity (Wildman–Crippen MR) is 98.8 cm³/mol. The van der Waals surface area contributed by atoms with Gasteiger partial charge in [-0.25, -0.2) is 9.59 Å². The second-order valence-corrected chi connectivity index (χ2v) is 7.14. The number of esters is 1. The lowest BCUT2D eigenvalue weighted by molar-refractivity contribution is 0.0603. The first kappa shape index (κ1) is 18.5. The van der Waals surface area contributed by atoms with E-state index in [4.69, 9.17) is 9.47 Å². The van der Waals surface area contributed by atoms with Crippen molar-refractivity contribution in [3.8, 4) is 11.1 Å². The molecule has 0 spiro atoms. The van der Waals surface area contributed by atoms with Gasteiger partial charge in [0, 0.05) is 14.9 Å². The SMILES string of the molecule is CCCOC(=O)Nc1sc(C)c(-c2ccc(Br)cc2)c1C(=O)OC. The molecule has 1 amide bonds. The van der Waals surface area contributed by atoms with Crippen LogP contribution in [0, 0.1) is 6.92 Å². The molecule has 2 aromatic rings. The van der Waals surface area contributed by atoms with Gasteiger partial charge in [-0.05, 0) is 31.0 Å². The fourth-order valence-corrected chi connectivity index (χ4v) is 3.53. The van der Waals surface area contributed by atoms with E-state index in [-0.39, 0.29) is 0 Å². The van der Waals surface area contributed by atoms with Crippen LogP contribution in [-0.2, 0) is 9.47 Å². The standard InChI is InChI=1S/C17H18BrNO4S/c1-4-9-23-17(21)19-15-14(16(20)22-3)13(10(2)24-15)11-5-7-12(18)8-6-11/h5-8H,4,9H2,1-3H3,(H,19,21). The summed E-state index contributed by atoms with van der Waals surface area (Å²) in [6.45, 7) is 4.13. The molecule has 7 heteroatoms. The highest BCUT2D eigenvalue weighted by Crippen LogP contribution is 2.40. The molecular weight excluding hydrogens is 394 g/mol. The van der Waals surface area contributed by atoms with Gasteiger partial charge >= 0.3 is 12.1 Å². The van der Waals surface area contributed by atoms with Crippen LogP contribution in [0.1, 0.15) is 28.6 Å². The monoisotopic (exact) mass is 411 g/mol. The molecule has 24 heavy (non-hydrogen) atoms. The fraction of sp³-hybridized carbons (Fsp3) is 0.294. The van der Waals surface area contributed by atoms with Gasteiger partial charge in [-0.2, -0.15) is 0 Å². The summed E-state index contributed by atoms with van der Waals surface area (Å²) < 4.78 is 10.9. The van der Waals surface area contributed by atoms with Gasteiger partial charge in [-0.1, -0.05) is 35.0 Å². The molecule has 5 nitrogen and oxygen atoms in total. The van der Waals surface area contributed by atoms with Crippen molar-refractivity contribution in [1.82, 2.24) is 0 Å². The number of anilines is 1. The quantitative estimate of drug-likeness (QED) is 0.683. The Bertz CT molecular complexity index is 740. The lowest BCUT2D eigenvalue weighted by Crippen LogP contribution is -2.15. The molecule has 1 aromatic carbocycles. The first-order valence-corrected chi connectivity index (χ1v) is 9.00. The molecule has 0 bridgehead atoms. The van der Waals surface area contributed by atoms with E-state index < -0.39 is 12.1 Å². The van der Waals surface area contributed by atoms with E-state index in [0.717, 1.165) is 26.9 Å². The highest BCUT2D eigenvalue weighted by Gasteiger charge is 2.25. The van der Waals surface area contributed by atoms with Gasteiger partial charge in [0.05, 0.1) is 13.7 Å². The van der Waals surface area contributed by atoms with Crippen LogP contribution in [0.2, 0.25) is 0 Å². The number of halogens is 1. The normalized spacial score (nSPS) is 10.3. The summed E-state index contributed by atoms with van der Waals surface area (Å²) in [5, 5.41) is 3.08. The van der Waals surface area contributed by atoms with Gasteiger partial charge in [0.1, 0.15) is 10.6 Å². The Morgan fingerprint density at radius 2 is 1.92 bits per heavy atom. The summed E-state index contributed by atoms with van der Waals surface area (Å²) in [6.07, 6.45) is 0.149. The second-order valence-electron chi connectivity index (χ2n) is 5.00. The maximum absolute atomic E-state index is 12.3. The highest BCUT2D eigenvalue weighted by molar-refractivity contribution is 9.10. The predicted octanol–water partition coefficient (Wildman–Crippen LogP) is 5.23. The molecule has 0 aliphatic carbocycles. The number of hydrogen-bond donors (Lipinski definition) is 1. The molecule has 1 N–H and O–H groups in total. The first-order chi connectivity index (χ1) is 11.5. The van der Waals surface area contributed by atoms with E-state index in [1.165, 1.54) is 18.4 Å². The molecule has 0 saturated carbocycles. The van der Waals surface area contributed by atoms with Crippen LogP contribution in [0.15, 0.2) is 28.7 Å². The topological polar surface area (TPSA) is 64.6 Å². The van der Waals surface area contributed by atoms with Gasteiger partial charge in [0.15, 0.2) is 0 Å². The molecule has 1 heterocycles. The summed E-state index contributed by atoms with van der Waals surface area (Å²) in [5.74, 6) is -0.497. The molecule has 0 unspecified atom stereocenters. The number of amides is 1. The van der Waals surface area contributed by atoms with E-state index >= 15 is 0 Å². The lowest BCUT2D eigenvalue weighted by atomic mass is 10.0. The van der Waals surface area contributed by atoms with Crippen molar-refractivity contribution < 1.29 is 19.1 Å². The fourth-order valence-electron chi connectivity index (χ4n) is 2.22. The van der Waals surface area contributed by atoms with E-state index in [2.05, 4.69) is 21.2 Å². The van der Waals surface area contributed by atoms with Crippen molar-refractivity contribution in [3.63, 3.8) is 0 Å². The molecule has 1 aromatic heterocycles. The minimum absolute atomic E-state index is 0.323. The third-order valence-electron chi connectivity index (χ3n) is 3.26. The number of hydrogen-bond acceptors (Lipinski definition) is 5. The average molecular weight is 412 g/mol. The molecule has 0 atom stereocenters. The number of nitrogens with one attached hydrogen (secondary N) is 1. The van der Waals surface area contributed by atoms with E-state index in [1.54, 1.807) is 0 Å². The smallest absolute Gasteiger partial charge is 0.412 e. The minimum Gasteiger partial charge on any atom is -0.465 e. The summed E-state index contributed by atoms with van der Waals surface area (Å²) in [6, 6.07) is 7.61. The summed E-state index contributed by atoms with van der Waals surface area (Å²) in [7, 11) is 1.32. The number of benzene rings is 1. The van der Waals surface area contributed by atoms with Gasteiger partial charge in [-0.3, -0.25) is 5.32 Å². The van der Waals surface area contributed by atoms with E-state index in [0.29, 0.717) is 17.2 Å². The maximum atomic E-state index is 12.3. The first-order valence-electron chi connectivity index (χ1n) is 7.39. The van der Waals surface area contributed by atoms with Crippen LogP contribution in [0.4, 0.5) is 9.80 Å². The maximum Gasteiger partial charge on any atom is 0.412 e. The number of rotatable bonds is 5. The van der Waals surface area contributed by atoms with E-state index in [9.17, 15) is 9.59 Å². The molecule has 0 aliphatic rings. The van der Waals surface area contributed by atoms with Crippen molar-refractivity contribution in [1.29, 1.82) is 0 Å². The van der Waals surface area contributed by atoms with Gasteiger partial charge in [0.2, 0.25) is 0 Å². The molecule has 2 rings (SSSR count). The molecule has 128 valence electrons. The molecule has 0 radical (unpaired) electrons. The van der Waals surface area contributed by atoms with Crippen molar-refractivity contribution in [3.05, 3.63) is 39.2 Å². The zero-order chi connectivity index (χ0) is 17.7. The van der Waals surface area contributed by atoms with Crippen molar-refractivity contribution in [2.24, 2.45) is 0 Å². The zero-order valence-corrected chi connectivity index (χ0v) is 16.0. The number of thiophene rings is 1. The van der Waals surface area contributed by atoms with Crippen molar-refractivity contribution in [2.75, 3.05) is 19.0 Å². The van der Waals surface area contributed by atoms with Crippen LogP contribution in [-0.4, -0.2) is 25.8 Å². The Morgan fingerprint density at radius 1 is 1.25 bits per heavy atom. The zero-order valence-electron chi connectivity index (χ0n) is 13.6. The number of aryl methyl sites for hydroxylation is 1. The molecule has 0 fully saturated rings. The van der Waals surface area contributed by atoms with E-state index in [1.807, 2.05) is 38.1 Å². The van der Waals surface area contributed by atoms with Gasteiger partial charge in [0.25, 0.3) is 0 Å². The number of ether oxygens (including phenoxy) is 2. The second kappa shape index (κ2) is 8.30. The minimum atomic E-state index is -0.578. The Morgan fingerprint density at radius 3 is 2.50 bits per heavy atom. The average Bonchev–Trinajstić information content (AvgIpc) is 2.89. The van der Waals surface area contributed by atoms with Crippen LogP contribution in [0.25, 0.3) is 11.1 Å². The van der Waals surface area contributed by atoms with Crippen LogP contribution < -0.4 is 5.32 Å². The van der Waals surface area contributed by atoms with Crippen LogP contribution in [0.3, 0.4) is 0 Å². The largest absolute Gasteiger partial charge is 0.465 e. The Labute approximate surface area is 153 Å². The van der Waals surface area contributed by atoms with Crippen molar-refractivity contribution in [2.45, 2.75) is 20.3 Å². The Hall–Kier alpha value is -1.86. The lowest BCUT2D eigenvalue weighted by Gasteiger charge is -2.08. The van der Waals surface area contributed by atoms with Crippen LogP contribution in [0.5, 0.6) is 0 Å². The highest BCUT2D eigenvalue weighted by atomic mass is 79.9. The summed E-state index contributed by atoms with van der Waals surface area (Å²) in [5.41, 5.74) is 1.98. The molecule has 0 saturated heterocycles. The number of carbonyl (C=O) groups excluding carboxylic acids is 2. The van der Waals surface area contributed by atoms with Crippen molar-refractivity contribution >= 4 is 44.3 Å². The van der Waals surface area contributed by atoms with Crippen LogP contribution >= 0.6 is 27.3 Å². The molecular formula is C17H18BrNO4S. The summed E-state index contributed by atoms with van der Waals surface area (Å²) in [4.78, 5) is 25.0. The number of methoxy groups -OCH3 is 1. The van der Waals surface area contributed by atoms with Gasteiger partial charge in [-0.15, -0.1) is 11.3 Å². The third-order valence-corrected chi connectivity index (χ3v) is 4.81. The Kier molecular flexibility index (Phi) is 6.39. The number of carbonyl (C=O) groups is 2. The third kappa shape index (κ3) is 4.15. The summed E-state index contributed by atoms with van der Waals surface area (Å²) >= 11 is 4.72. The Balaban J connectivity index is 2.45.